The molecule has 3 aromatic carbocycles. The van der Waals surface area contributed by atoms with E-state index in [2.05, 4.69) is 20.3 Å². The number of rotatable bonds is 5. The molecule has 0 saturated carbocycles. The van der Waals surface area contributed by atoms with E-state index in [4.69, 9.17) is 0 Å². The van der Waals surface area contributed by atoms with Crippen LogP contribution in [0.3, 0.4) is 0 Å². The minimum Gasteiger partial charge on any atom is -0.360 e. The van der Waals surface area contributed by atoms with Gasteiger partial charge in [0.2, 0.25) is 10.6 Å². The summed E-state index contributed by atoms with van der Waals surface area (Å²) in [7, 11) is 0. The molecular weight excluding hydrogens is 418 g/mol. The van der Waals surface area contributed by atoms with Gasteiger partial charge in [-0.05, 0) is 25.1 Å². The first-order valence-corrected chi connectivity index (χ1v) is 10.9. The molecule has 32 heavy (non-hydrogen) atoms. The molecule has 0 radical (unpaired) electrons. The number of carbonyl (C=O) groups is 1. The van der Waals surface area contributed by atoms with Gasteiger partial charge in [-0.25, -0.2) is 4.68 Å². The molecule has 0 amide bonds. The maximum Gasteiger partial charge on any atom is 0.233 e. The van der Waals surface area contributed by atoms with Gasteiger partial charge in [0.05, 0.1) is 11.4 Å². The molecule has 156 valence electrons. The molecule has 0 atom stereocenters. The summed E-state index contributed by atoms with van der Waals surface area (Å²) in [5.74, 6) is -0.140. The Morgan fingerprint density at radius 3 is 2.41 bits per heavy atom. The molecule has 0 aliphatic rings. The highest BCUT2D eigenvalue weighted by Gasteiger charge is 2.16. The van der Waals surface area contributed by atoms with Gasteiger partial charge in [-0.15, -0.1) is 5.10 Å². The smallest absolute Gasteiger partial charge is 0.233 e. The fourth-order valence-electron chi connectivity index (χ4n) is 3.43. The molecule has 0 fully saturated rings. The first-order valence-electron chi connectivity index (χ1n) is 10.1. The number of carbonyl (C=O) groups excluding carboxylic acids is 1. The molecule has 5 aromatic rings. The molecule has 7 heteroatoms. The maximum atomic E-state index is 13.0. The third-order valence-corrected chi connectivity index (χ3v) is 5.95. The number of aromatic nitrogens is 3. The molecule has 2 heterocycles. The minimum atomic E-state index is -0.140. The first kappa shape index (κ1) is 19.8. The van der Waals surface area contributed by atoms with E-state index in [1.165, 1.54) is 11.3 Å². The van der Waals surface area contributed by atoms with Gasteiger partial charge in [0.1, 0.15) is 0 Å². The summed E-state index contributed by atoms with van der Waals surface area (Å²) in [6.07, 6.45) is 1.93. The van der Waals surface area contributed by atoms with Crippen molar-refractivity contribution in [3.63, 3.8) is 0 Å². The second kappa shape index (κ2) is 8.56. The summed E-state index contributed by atoms with van der Waals surface area (Å²) in [5, 5.41) is 15.0. The second-order valence-corrected chi connectivity index (χ2v) is 8.12. The zero-order valence-corrected chi connectivity index (χ0v) is 18.1. The van der Waals surface area contributed by atoms with Crippen molar-refractivity contribution in [1.29, 1.82) is 0 Å². The highest BCUT2D eigenvalue weighted by atomic mass is 32.1. The molecule has 0 bridgehead atoms. The van der Waals surface area contributed by atoms with Gasteiger partial charge in [-0.1, -0.05) is 78.1 Å². The Labute approximate surface area is 188 Å². The minimum absolute atomic E-state index is 0.140. The predicted octanol–water partition coefficient (Wildman–Crippen LogP) is 4.97. The van der Waals surface area contributed by atoms with E-state index in [1.807, 2.05) is 85.9 Å². The van der Waals surface area contributed by atoms with E-state index in [-0.39, 0.29) is 5.78 Å². The van der Waals surface area contributed by atoms with E-state index < -0.39 is 0 Å². The zero-order chi connectivity index (χ0) is 21.9. The SMILES string of the molecule is C/C(=N/N=c1\sc(C(=O)c2ccccc2)nn1-c1ccccc1)c1c[nH]c2ccccc12. The average Bonchev–Trinajstić information content (AvgIpc) is 3.48. The lowest BCUT2D eigenvalue weighted by atomic mass is 10.1. The van der Waals surface area contributed by atoms with Gasteiger partial charge in [0, 0.05) is 28.2 Å². The number of hydrogen-bond donors (Lipinski definition) is 1. The predicted molar refractivity (Wildman–Crippen MR) is 127 cm³/mol. The number of fused-ring (bicyclic) bond motifs is 1. The van der Waals surface area contributed by atoms with Crippen LogP contribution < -0.4 is 4.80 Å². The molecule has 0 unspecified atom stereocenters. The number of H-pyrrole nitrogens is 1. The van der Waals surface area contributed by atoms with Crippen LogP contribution in [-0.4, -0.2) is 26.3 Å². The summed E-state index contributed by atoms with van der Waals surface area (Å²) in [4.78, 5) is 16.7. The van der Waals surface area contributed by atoms with E-state index in [9.17, 15) is 4.79 Å². The Bertz CT molecular complexity index is 1490. The Morgan fingerprint density at radius 2 is 1.62 bits per heavy atom. The van der Waals surface area contributed by atoms with Gasteiger partial charge < -0.3 is 4.98 Å². The number of para-hydroxylation sites is 2. The lowest BCUT2D eigenvalue weighted by Crippen LogP contribution is -2.14. The van der Waals surface area contributed by atoms with Crippen molar-refractivity contribution in [3.8, 4) is 5.69 Å². The van der Waals surface area contributed by atoms with Crippen molar-refractivity contribution in [2.75, 3.05) is 0 Å². The summed E-state index contributed by atoms with van der Waals surface area (Å²) in [6.45, 7) is 1.92. The molecule has 0 saturated heterocycles. The van der Waals surface area contributed by atoms with Crippen LogP contribution in [0.2, 0.25) is 0 Å². The summed E-state index contributed by atoms with van der Waals surface area (Å²) in [6, 6.07) is 26.8. The van der Waals surface area contributed by atoms with Gasteiger partial charge in [0.15, 0.2) is 5.01 Å². The number of nitrogens with one attached hydrogen (secondary N) is 1. The van der Waals surface area contributed by atoms with Crippen LogP contribution >= 0.6 is 11.3 Å². The van der Waals surface area contributed by atoms with Crippen LogP contribution in [0.4, 0.5) is 0 Å². The Hall–Kier alpha value is -4.10. The van der Waals surface area contributed by atoms with E-state index in [0.717, 1.165) is 27.9 Å². The van der Waals surface area contributed by atoms with Crippen molar-refractivity contribution in [2.24, 2.45) is 10.2 Å². The quantitative estimate of drug-likeness (QED) is 0.239. The van der Waals surface area contributed by atoms with Gasteiger partial charge >= 0.3 is 0 Å². The van der Waals surface area contributed by atoms with Crippen LogP contribution in [0.1, 0.15) is 27.9 Å². The van der Waals surface area contributed by atoms with Crippen LogP contribution in [0.5, 0.6) is 0 Å². The van der Waals surface area contributed by atoms with E-state index in [1.54, 1.807) is 16.8 Å². The van der Waals surface area contributed by atoms with Crippen molar-refractivity contribution in [3.05, 3.63) is 112 Å². The molecular formula is C25H19N5OS. The Kier molecular flexibility index (Phi) is 5.31. The number of benzene rings is 3. The summed E-state index contributed by atoms with van der Waals surface area (Å²) in [5.41, 5.74) is 4.21. The average molecular weight is 438 g/mol. The van der Waals surface area contributed by atoms with Crippen molar-refractivity contribution in [2.45, 2.75) is 6.92 Å². The molecule has 5 rings (SSSR count). The zero-order valence-electron chi connectivity index (χ0n) is 17.3. The lowest BCUT2D eigenvalue weighted by molar-refractivity contribution is 0.103. The van der Waals surface area contributed by atoms with Crippen molar-refractivity contribution < 1.29 is 4.79 Å². The van der Waals surface area contributed by atoms with Gasteiger partial charge in [0.25, 0.3) is 0 Å². The van der Waals surface area contributed by atoms with Gasteiger partial charge in [-0.3, -0.25) is 4.79 Å². The number of aromatic amines is 1. The summed E-state index contributed by atoms with van der Waals surface area (Å²) < 4.78 is 1.66. The third-order valence-electron chi connectivity index (χ3n) is 5.06. The Balaban J connectivity index is 1.60. The number of hydrogen-bond acceptors (Lipinski definition) is 5. The maximum absolute atomic E-state index is 13.0. The molecule has 0 aliphatic carbocycles. The fraction of sp³-hybridized carbons (Fsp3) is 0.0400. The number of ketones is 1. The fourth-order valence-corrected chi connectivity index (χ4v) is 4.25. The first-order chi connectivity index (χ1) is 15.7. The molecule has 1 N–H and O–H groups in total. The monoisotopic (exact) mass is 437 g/mol. The molecule has 0 aliphatic heterocycles. The third kappa shape index (κ3) is 3.81. The van der Waals surface area contributed by atoms with Crippen LogP contribution in [0.25, 0.3) is 16.6 Å². The standard InChI is InChI=1S/C25H19N5OS/c1-17(21-16-26-22-15-9-8-14-20(21)22)27-28-25-30(19-12-6-3-7-13-19)29-24(32-25)23(31)18-10-4-2-5-11-18/h2-16,26H,1H3/b27-17-,28-25-. The van der Waals surface area contributed by atoms with E-state index in [0.29, 0.717) is 15.4 Å². The van der Waals surface area contributed by atoms with Crippen LogP contribution in [0, 0.1) is 0 Å². The Morgan fingerprint density at radius 1 is 0.938 bits per heavy atom. The van der Waals surface area contributed by atoms with Crippen LogP contribution in [0.15, 0.2) is 101 Å². The lowest BCUT2D eigenvalue weighted by Gasteiger charge is -2.00. The molecule has 2 aromatic heterocycles. The van der Waals surface area contributed by atoms with Crippen molar-refractivity contribution in [1.82, 2.24) is 14.8 Å². The van der Waals surface area contributed by atoms with Crippen molar-refractivity contribution >= 4 is 33.7 Å². The molecule has 0 spiro atoms. The topological polar surface area (TPSA) is 75.4 Å². The summed E-state index contributed by atoms with van der Waals surface area (Å²) >= 11 is 1.22. The highest BCUT2D eigenvalue weighted by molar-refractivity contribution is 7.11. The largest absolute Gasteiger partial charge is 0.360 e. The van der Waals surface area contributed by atoms with Crippen LogP contribution in [-0.2, 0) is 0 Å². The van der Waals surface area contributed by atoms with Gasteiger partial charge in [-0.2, -0.15) is 10.2 Å². The normalized spacial score (nSPS) is 12.4. The van der Waals surface area contributed by atoms with E-state index >= 15 is 0 Å². The second-order valence-electron chi connectivity index (χ2n) is 7.17. The highest BCUT2D eigenvalue weighted by Crippen LogP contribution is 2.18. The molecule has 6 nitrogen and oxygen atoms in total. The number of nitrogens with zero attached hydrogens (tertiary/aromatic N) is 4.